The van der Waals surface area contributed by atoms with E-state index >= 15 is 0 Å². The summed E-state index contributed by atoms with van der Waals surface area (Å²) in [4.78, 5) is 24.6. The highest BCUT2D eigenvalue weighted by molar-refractivity contribution is 6.03. The van der Waals surface area contributed by atoms with Gasteiger partial charge in [0.25, 0.3) is 0 Å². The number of amides is 2. The highest BCUT2D eigenvalue weighted by atomic mass is 16.2. The molecular formula is C13H28N2O2. The van der Waals surface area contributed by atoms with Crippen LogP contribution in [0.5, 0.6) is 0 Å². The van der Waals surface area contributed by atoms with E-state index in [1.807, 2.05) is 20.8 Å². The van der Waals surface area contributed by atoms with Gasteiger partial charge in [-0.15, -0.1) is 0 Å². The van der Waals surface area contributed by atoms with Gasteiger partial charge in [0.2, 0.25) is 11.8 Å². The van der Waals surface area contributed by atoms with E-state index < -0.39 is 0 Å². The Bertz CT molecular complexity index is 247. The van der Waals surface area contributed by atoms with E-state index in [1.54, 1.807) is 0 Å². The molecule has 0 bridgehead atoms. The van der Waals surface area contributed by atoms with Gasteiger partial charge in [-0.2, -0.15) is 0 Å². The number of nitrogens with zero attached hydrogens (tertiary/aromatic N) is 1. The molecule has 0 radical (unpaired) electrons. The standard InChI is InChI=1S/C11H20N2O2.C2H6.H2/c1-3-5-12-6-7-13-10(14)8-9(4-2)11(13)15;1-2;/h9,12H,3-8H2,1-2H3;1-2H3;1H. The third kappa shape index (κ3) is 4.86. The second-order valence-electron chi connectivity index (χ2n) is 3.94. The van der Waals surface area contributed by atoms with Gasteiger partial charge in [-0.05, 0) is 19.4 Å². The molecule has 1 saturated heterocycles. The van der Waals surface area contributed by atoms with Crippen LogP contribution in [0, 0.1) is 5.92 Å². The van der Waals surface area contributed by atoms with Crippen LogP contribution < -0.4 is 5.32 Å². The highest BCUT2D eigenvalue weighted by Gasteiger charge is 2.36. The van der Waals surface area contributed by atoms with Crippen molar-refractivity contribution in [3.05, 3.63) is 0 Å². The zero-order valence-electron chi connectivity index (χ0n) is 11.6. The van der Waals surface area contributed by atoms with Crippen molar-refractivity contribution in [3.8, 4) is 0 Å². The predicted octanol–water partition coefficient (Wildman–Crippen LogP) is 2.04. The first-order valence-corrected chi connectivity index (χ1v) is 6.75. The topological polar surface area (TPSA) is 49.4 Å². The van der Waals surface area contributed by atoms with Crippen LogP contribution in [0.4, 0.5) is 0 Å². The van der Waals surface area contributed by atoms with E-state index in [9.17, 15) is 9.59 Å². The van der Waals surface area contributed by atoms with Crippen LogP contribution in [-0.2, 0) is 9.59 Å². The van der Waals surface area contributed by atoms with Gasteiger partial charge in [-0.1, -0.05) is 27.7 Å². The Labute approximate surface area is 106 Å². The fraction of sp³-hybridized carbons (Fsp3) is 0.846. The third-order valence-electron chi connectivity index (χ3n) is 2.77. The number of rotatable bonds is 6. The molecule has 1 aliphatic heterocycles. The normalized spacial score (nSPS) is 19.3. The zero-order chi connectivity index (χ0) is 13.3. The minimum absolute atomic E-state index is 0. The number of likely N-dealkylation sites (tertiary alicyclic amines) is 1. The lowest BCUT2D eigenvalue weighted by Gasteiger charge is -2.14. The van der Waals surface area contributed by atoms with Crippen molar-refractivity contribution >= 4 is 11.8 Å². The first-order chi connectivity index (χ1) is 8.20. The molecule has 1 aliphatic rings. The number of hydrogen-bond donors (Lipinski definition) is 1. The first kappa shape index (κ1) is 16.1. The minimum Gasteiger partial charge on any atom is -0.315 e. The second-order valence-corrected chi connectivity index (χ2v) is 3.94. The molecule has 4 heteroatoms. The number of carbonyl (C=O) groups excluding carboxylic acids is 2. The van der Waals surface area contributed by atoms with E-state index in [0.29, 0.717) is 19.5 Å². The molecule has 2 amide bonds. The van der Waals surface area contributed by atoms with Crippen molar-refractivity contribution < 1.29 is 11.0 Å². The Morgan fingerprint density at radius 2 is 1.94 bits per heavy atom. The molecule has 0 aromatic rings. The SMILES string of the molecule is CC.CCCNCCN1C(=O)CC(CC)C1=O.[HH]. The van der Waals surface area contributed by atoms with E-state index in [4.69, 9.17) is 0 Å². The molecule has 1 heterocycles. The summed E-state index contributed by atoms with van der Waals surface area (Å²) < 4.78 is 0. The smallest absolute Gasteiger partial charge is 0.232 e. The molecule has 0 aromatic heterocycles. The summed E-state index contributed by atoms with van der Waals surface area (Å²) in [6, 6.07) is 0. The molecule has 4 nitrogen and oxygen atoms in total. The van der Waals surface area contributed by atoms with Gasteiger partial charge in [0.05, 0.1) is 0 Å². The largest absolute Gasteiger partial charge is 0.315 e. The maximum absolute atomic E-state index is 11.7. The van der Waals surface area contributed by atoms with Gasteiger partial charge in [0, 0.05) is 26.9 Å². The van der Waals surface area contributed by atoms with Gasteiger partial charge >= 0.3 is 0 Å². The first-order valence-electron chi connectivity index (χ1n) is 6.75. The van der Waals surface area contributed by atoms with Crippen molar-refractivity contribution in [2.75, 3.05) is 19.6 Å². The van der Waals surface area contributed by atoms with Crippen molar-refractivity contribution in [2.45, 2.75) is 47.0 Å². The molecule has 1 atom stereocenters. The molecule has 1 N–H and O–H groups in total. The van der Waals surface area contributed by atoms with Crippen LogP contribution >= 0.6 is 0 Å². The fourth-order valence-corrected chi connectivity index (χ4v) is 1.80. The number of nitrogens with one attached hydrogen (secondary N) is 1. The predicted molar refractivity (Wildman–Crippen MR) is 71.7 cm³/mol. The summed E-state index contributed by atoms with van der Waals surface area (Å²) in [7, 11) is 0. The maximum Gasteiger partial charge on any atom is 0.232 e. The molecule has 102 valence electrons. The molecule has 0 aliphatic carbocycles. The Kier molecular flexibility index (Phi) is 8.68. The summed E-state index contributed by atoms with van der Waals surface area (Å²) in [6.45, 7) is 10.2. The summed E-state index contributed by atoms with van der Waals surface area (Å²) in [5, 5.41) is 3.19. The van der Waals surface area contributed by atoms with Gasteiger partial charge in [-0.3, -0.25) is 14.5 Å². The Balaban J connectivity index is 0. The molecule has 0 aromatic carbocycles. The summed E-state index contributed by atoms with van der Waals surface area (Å²) >= 11 is 0. The van der Waals surface area contributed by atoms with Gasteiger partial charge in [-0.25, -0.2) is 0 Å². The highest BCUT2D eigenvalue weighted by Crippen LogP contribution is 2.21. The zero-order valence-corrected chi connectivity index (χ0v) is 11.6. The number of carbonyl (C=O) groups is 2. The van der Waals surface area contributed by atoms with Crippen molar-refractivity contribution in [1.82, 2.24) is 10.2 Å². The summed E-state index contributed by atoms with van der Waals surface area (Å²) in [6.07, 6.45) is 2.24. The number of imide groups is 1. The Hall–Kier alpha value is -0.900. The van der Waals surface area contributed by atoms with E-state index in [-0.39, 0.29) is 19.2 Å². The molecule has 1 fully saturated rings. The van der Waals surface area contributed by atoms with Gasteiger partial charge in [0.15, 0.2) is 0 Å². The Morgan fingerprint density at radius 3 is 2.41 bits per heavy atom. The third-order valence-corrected chi connectivity index (χ3v) is 2.77. The van der Waals surface area contributed by atoms with E-state index in [2.05, 4.69) is 12.2 Å². The van der Waals surface area contributed by atoms with Crippen LogP contribution in [0.3, 0.4) is 0 Å². The molecule has 17 heavy (non-hydrogen) atoms. The lowest BCUT2D eigenvalue weighted by atomic mass is 10.1. The molecular weight excluding hydrogens is 216 g/mol. The molecule has 0 saturated carbocycles. The van der Waals surface area contributed by atoms with Crippen molar-refractivity contribution in [1.29, 1.82) is 0 Å². The quantitative estimate of drug-likeness (QED) is 0.574. The monoisotopic (exact) mass is 244 g/mol. The lowest BCUT2D eigenvalue weighted by molar-refractivity contribution is -0.139. The lowest BCUT2D eigenvalue weighted by Crippen LogP contribution is -2.36. The van der Waals surface area contributed by atoms with Crippen LogP contribution in [0.25, 0.3) is 0 Å². The fourth-order valence-electron chi connectivity index (χ4n) is 1.80. The van der Waals surface area contributed by atoms with Gasteiger partial charge < -0.3 is 5.32 Å². The van der Waals surface area contributed by atoms with Crippen LogP contribution in [0.2, 0.25) is 0 Å². The van der Waals surface area contributed by atoms with E-state index in [1.165, 1.54) is 4.90 Å². The van der Waals surface area contributed by atoms with Crippen molar-refractivity contribution in [3.63, 3.8) is 0 Å². The molecule has 1 rings (SSSR count). The average Bonchev–Trinajstić information content (AvgIpc) is 2.63. The average molecular weight is 244 g/mol. The second kappa shape index (κ2) is 9.16. The molecule has 1 unspecified atom stereocenters. The molecule has 0 spiro atoms. The number of hydrogen-bond acceptors (Lipinski definition) is 3. The van der Waals surface area contributed by atoms with Crippen molar-refractivity contribution in [2.24, 2.45) is 5.92 Å². The van der Waals surface area contributed by atoms with Crippen LogP contribution in [0.15, 0.2) is 0 Å². The Morgan fingerprint density at radius 1 is 1.29 bits per heavy atom. The summed E-state index contributed by atoms with van der Waals surface area (Å²) in [5.41, 5.74) is 0. The minimum atomic E-state index is -0.0660. The van der Waals surface area contributed by atoms with E-state index in [0.717, 1.165) is 19.4 Å². The van der Waals surface area contributed by atoms with Gasteiger partial charge in [0.1, 0.15) is 0 Å². The summed E-state index contributed by atoms with van der Waals surface area (Å²) in [5.74, 6) is -0.0605. The van der Waals surface area contributed by atoms with Crippen LogP contribution in [-0.4, -0.2) is 36.3 Å². The maximum atomic E-state index is 11.7. The van der Waals surface area contributed by atoms with Crippen LogP contribution in [0.1, 0.15) is 48.4 Å².